The fourth-order valence-corrected chi connectivity index (χ4v) is 8.19. The van der Waals surface area contributed by atoms with Crippen molar-refractivity contribution in [2.75, 3.05) is 30.0 Å². The van der Waals surface area contributed by atoms with Crippen LogP contribution < -0.4 is 11.2 Å². The van der Waals surface area contributed by atoms with E-state index in [0.29, 0.717) is 46.2 Å². The van der Waals surface area contributed by atoms with Crippen LogP contribution in [0.5, 0.6) is 0 Å². The lowest BCUT2D eigenvalue weighted by Crippen LogP contribution is -2.22. The van der Waals surface area contributed by atoms with Crippen molar-refractivity contribution >= 4 is 53.0 Å². The van der Waals surface area contributed by atoms with Crippen LogP contribution in [0, 0.1) is 5.82 Å². The smallest absolute Gasteiger partial charge is 0.330 e. The molecule has 10 nitrogen and oxygen atoms in total. The summed E-state index contributed by atoms with van der Waals surface area (Å²) in [5.74, 6) is 5.37. The second kappa shape index (κ2) is 21.2. The Morgan fingerprint density at radius 3 is 2.15 bits per heavy atom. The van der Waals surface area contributed by atoms with Crippen LogP contribution in [0.15, 0.2) is 84.9 Å². The number of nitrogens with one attached hydrogen (secondary N) is 1. The van der Waals surface area contributed by atoms with E-state index in [1.54, 1.807) is 12.1 Å². The molecule has 0 bridgehead atoms. The maximum absolute atomic E-state index is 14.2. The zero-order valence-electron chi connectivity index (χ0n) is 29.1. The third-order valence-electron chi connectivity index (χ3n) is 7.95. The van der Waals surface area contributed by atoms with Gasteiger partial charge in [-0.1, -0.05) is 84.0 Å². The lowest BCUT2D eigenvalue weighted by atomic mass is 9.94. The maximum atomic E-state index is 14.2. The Bertz CT molecular complexity index is 1750. The molecular formula is C38H45FN3O7PS2. The van der Waals surface area contributed by atoms with Gasteiger partial charge in [-0.15, -0.1) is 0 Å². The van der Waals surface area contributed by atoms with E-state index in [1.807, 2.05) is 79.1 Å². The van der Waals surface area contributed by atoms with Gasteiger partial charge in [-0.25, -0.2) is 15.1 Å². The monoisotopic (exact) mass is 769 g/mol. The van der Waals surface area contributed by atoms with Crippen molar-refractivity contribution in [2.24, 2.45) is 5.90 Å². The molecule has 5 N–H and O–H groups in total. The summed E-state index contributed by atoms with van der Waals surface area (Å²) in [7, 11) is 2.27. The Hall–Kier alpha value is -3.55. The first-order valence-corrected chi connectivity index (χ1v) is 20.4. The fraction of sp³-hybridized carbons (Fsp3) is 0.342. The molecule has 0 spiro atoms. The molecule has 0 aliphatic heterocycles. The van der Waals surface area contributed by atoms with Gasteiger partial charge in [-0.05, 0) is 66.3 Å². The number of aromatic nitrogens is 1. The number of benzene rings is 3. The number of carbonyl (C=O) groups is 3. The van der Waals surface area contributed by atoms with Gasteiger partial charge < -0.3 is 29.7 Å². The van der Waals surface area contributed by atoms with Crippen molar-refractivity contribution in [3.8, 4) is 22.4 Å². The van der Waals surface area contributed by atoms with Gasteiger partial charge in [0, 0.05) is 41.4 Å². The molecule has 1 heterocycles. The van der Waals surface area contributed by atoms with Gasteiger partial charge in [0.15, 0.2) is 5.52 Å². The number of nitrogens with zero attached hydrogens (tertiary/aromatic N) is 1. The van der Waals surface area contributed by atoms with Crippen LogP contribution in [0.25, 0.3) is 22.4 Å². The Labute approximate surface area is 313 Å². The summed E-state index contributed by atoms with van der Waals surface area (Å²) in [6, 6.07) is 24.8. The summed E-state index contributed by atoms with van der Waals surface area (Å²) in [6.07, 6.45) is -2.39. The van der Waals surface area contributed by atoms with Gasteiger partial charge in [-0.3, -0.25) is 9.59 Å². The number of anilines is 1. The van der Waals surface area contributed by atoms with Gasteiger partial charge in [0.1, 0.15) is 12.4 Å². The maximum Gasteiger partial charge on any atom is 0.330 e. The number of nitrogens with two attached hydrogens (primary N) is 1. The Morgan fingerprint density at radius 1 is 0.885 bits per heavy atom. The predicted octanol–water partition coefficient (Wildman–Crippen LogP) is 7.84. The highest BCUT2D eigenvalue weighted by molar-refractivity contribution is 8.76. The number of aliphatic hydroxyl groups is 2. The second-order valence-corrected chi connectivity index (χ2v) is 16.1. The van der Waals surface area contributed by atoms with Crippen LogP contribution in [0.1, 0.15) is 55.1 Å². The Morgan fingerprint density at radius 2 is 1.52 bits per heavy atom. The van der Waals surface area contributed by atoms with Crippen molar-refractivity contribution in [3.05, 3.63) is 102 Å². The first-order chi connectivity index (χ1) is 25.1. The Kier molecular flexibility index (Phi) is 16.8. The number of hydrogen-bond donors (Lipinski definition) is 4. The third-order valence-corrected chi connectivity index (χ3v) is 11.1. The quantitative estimate of drug-likeness (QED) is 0.0285. The molecule has 3 aromatic carbocycles. The molecule has 278 valence electrons. The molecule has 0 aliphatic carbocycles. The Balaban J connectivity index is 1.53. The second-order valence-electron chi connectivity index (χ2n) is 12.2. The molecule has 1 aromatic heterocycles. The number of rotatable bonds is 21. The van der Waals surface area contributed by atoms with E-state index in [0.717, 1.165) is 11.3 Å². The molecule has 14 heteroatoms. The SMILES string of the molecule is CC(C)c1c(C(=O)Nc2ccccc2)c(-c2ccccc2)c(-c2ccc(F)cc2)n1CC[C@@H](O)C[C@@H](O)CC(=O)PC(=O)OCCSSCCON. The number of para-hydroxylation sites is 1. The van der Waals surface area contributed by atoms with E-state index >= 15 is 0 Å². The van der Waals surface area contributed by atoms with E-state index in [4.69, 9.17) is 10.6 Å². The minimum Gasteiger partial charge on any atom is -0.462 e. The minimum atomic E-state index is -1.17. The number of aliphatic hydroxyl groups excluding tert-OH is 2. The summed E-state index contributed by atoms with van der Waals surface area (Å²) in [5.41, 5.74) is 3.59. The van der Waals surface area contributed by atoms with Crippen molar-refractivity contribution < 1.29 is 38.6 Å². The van der Waals surface area contributed by atoms with Gasteiger partial charge in [-0.2, -0.15) is 0 Å². The van der Waals surface area contributed by atoms with Gasteiger partial charge in [0.25, 0.3) is 5.91 Å². The van der Waals surface area contributed by atoms with Crippen molar-refractivity contribution in [1.29, 1.82) is 0 Å². The van der Waals surface area contributed by atoms with Gasteiger partial charge in [0.2, 0.25) is 0 Å². The molecule has 1 amide bonds. The van der Waals surface area contributed by atoms with Crippen LogP contribution in [-0.2, 0) is 20.9 Å². The topological polar surface area (TPSA) is 153 Å². The van der Waals surface area contributed by atoms with Crippen molar-refractivity contribution in [3.63, 3.8) is 0 Å². The molecular weight excluding hydrogens is 725 g/mol. The van der Waals surface area contributed by atoms with Crippen molar-refractivity contribution in [2.45, 2.75) is 57.8 Å². The van der Waals surface area contributed by atoms with Crippen LogP contribution in [0.2, 0.25) is 0 Å². The number of carbonyl (C=O) groups excluding carboxylic acids is 3. The molecule has 1 unspecified atom stereocenters. The average molecular weight is 770 g/mol. The van der Waals surface area contributed by atoms with Crippen LogP contribution in [0.3, 0.4) is 0 Å². The fourth-order valence-electron chi connectivity index (χ4n) is 5.78. The highest BCUT2D eigenvalue weighted by Gasteiger charge is 2.31. The summed E-state index contributed by atoms with van der Waals surface area (Å²) in [5, 5.41) is 24.8. The zero-order valence-corrected chi connectivity index (χ0v) is 31.8. The number of halogens is 1. The third kappa shape index (κ3) is 12.3. The van der Waals surface area contributed by atoms with Crippen molar-refractivity contribution in [1.82, 2.24) is 4.57 Å². The molecule has 0 radical (unpaired) electrons. The largest absolute Gasteiger partial charge is 0.462 e. The first kappa shape index (κ1) is 41.2. The number of ether oxygens (including phenoxy) is 1. The van der Waals surface area contributed by atoms with E-state index in [2.05, 4.69) is 10.2 Å². The lowest BCUT2D eigenvalue weighted by Gasteiger charge is -2.20. The predicted molar refractivity (Wildman–Crippen MR) is 209 cm³/mol. The molecule has 3 atom stereocenters. The molecule has 4 rings (SSSR count). The highest BCUT2D eigenvalue weighted by Crippen LogP contribution is 2.42. The van der Waals surface area contributed by atoms with Crippen LogP contribution in [0.4, 0.5) is 14.9 Å². The summed E-state index contributed by atoms with van der Waals surface area (Å²) in [4.78, 5) is 43.3. The molecule has 0 aliphatic rings. The average Bonchev–Trinajstić information content (AvgIpc) is 3.47. The zero-order chi connectivity index (χ0) is 37.5. The standard InChI is InChI=1S/C38H45FN3O7PS2/c1-25(2)35-34(37(46)41-29-11-7-4-8-12-29)33(26-9-5-3-6-10-26)36(27-13-15-28(39)16-14-27)42(35)18-17-30(43)23-31(44)24-32(45)50-38(47)48-19-21-51-52-22-20-49-40/h3-16,25,30-31,43-44,50H,17-24,40H2,1-2H3,(H,41,46)/t30-,31-/m1/s1. The lowest BCUT2D eigenvalue weighted by molar-refractivity contribution is -0.113. The minimum absolute atomic E-state index is 0.0945. The summed E-state index contributed by atoms with van der Waals surface area (Å²) >= 11 is 0. The number of amides is 1. The van der Waals surface area contributed by atoms with Crippen LogP contribution in [-0.4, -0.2) is 68.8 Å². The van der Waals surface area contributed by atoms with Gasteiger partial charge in [0.05, 0.1) is 38.7 Å². The summed E-state index contributed by atoms with van der Waals surface area (Å²) in [6.45, 7) is 4.80. The van der Waals surface area contributed by atoms with Crippen LogP contribution >= 0.6 is 30.2 Å². The molecule has 52 heavy (non-hydrogen) atoms. The normalized spacial score (nSPS) is 12.7. The molecule has 4 aromatic rings. The highest BCUT2D eigenvalue weighted by atomic mass is 33.1. The van der Waals surface area contributed by atoms with E-state index in [9.17, 15) is 29.0 Å². The number of hydrogen-bond acceptors (Lipinski definition) is 10. The summed E-state index contributed by atoms with van der Waals surface area (Å²) < 4.78 is 21.3. The van der Waals surface area contributed by atoms with Gasteiger partial charge >= 0.3 is 5.71 Å². The van der Waals surface area contributed by atoms with E-state index in [-0.39, 0.29) is 44.2 Å². The molecule has 0 saturated carbocycles. The first-order valence-electron chi connectivity index (χ1n) is 16.9. The molecule has 0 fully saturated rings. The van der Waals surface area contributed by atoms with E-state index < -0.39 is 37.8 Å². The van der Waals surface area contributed by atoms with E-state index in [1.165, 1.54) is 33.7 Å². The molecule has 0 saturated heterocycles.